The maximum atomic E-state index is 13.5. The van der Waals surface area contributed by atoms with Gasteiger partial charge in [-0.25, -0.2) is 9.59 Å². The van der Waals surface area contributed by atoms with Crippen molar-refractivity contribution in [2.24, 2.45) is 55.4 Å². The molecule has 0 bridgehead atoms. The van der Waals surface area contributed by atoms with Gasteiger partial charge in [0, 0.05) is 5.41 Å². The second-order valence-electron chi connectivity index (χ2n) is 17.3. The average Bonchev–Trinajstić information content (AvgIpc) is 3.27. The minimum absolute atomic E-state index is 0.00768. The van der Waals surface area contributed by atoms with Gasteiger partial charge in [0.25, 0.3) is 5.91 Å². The fourth-order valence-electron chi connectivity index (χ4n) is 11.7. The molecule has 0 aromatic heterocycles. The number of urea groups is 1. The van der Waals surface area contributed by atoms with Crippen molar-refractivity contribution in [2.75, 3.05) is 7.11 Å². The van der Waals surface area contributed by atoms with E-state index in [-0.39, 0.29) is 45.4 Å². The number of nitrogens with one attached hydrogen (secondary N) is 2. The standard InChI is InChI=1S/C36H53N3O6/c1-31(2)15-17-36(29(42)44-8)18-16-34(6)21(22(36)20-31)9-10-25-33(5)13-12-26(32(3,4)24(33)11-14-35(25,34)7)39-45-27(40)19-23-28(41)38-30(43)37-23/h9,22-25H,10-20H2,1-8H3,(H2,37,38,41,43)/b39-26-/t22-,23-,24-,25-,33-,34+,35+,36-/m0/s1. The summed E-state index contributed by atoms with van der Waals surface area (Å²) in [5.41, 5.74) is 2.17. The van der Waals surface area contributed by atoms with Crippen LogP contribution in [0.25, 0.3) is 0 Å². The molecule has 9 heteroatoms. The number of nitrogens with zero attached hydrogens (tertiary/aromatic N) is 1. The average molecular weight is 624 g/mol. The largest absolute Gasteiger partial charge is 0.469 e. The third-order valence-electron chi connectivity index (χ3n) is 14.5. The van der Waals surface area contributed by atoms with Crippen LogP contribution in [-0.2, 0) is 24.0 Å². The van der Waals surface area contributed by atoms with Gasteiger partial charge in [-0.15, -0.1) is 0 Å². The number of hydrogen-bond acceptors (Lipinski definition) is 7. The Morgan fingerprint density at radius 2 is 1.67 bits per heavy atom. The molecule has 8 atom stereocenters. The monoisotopic (exact) mass is 623 g/mol. The predicted molar refractivity (Wildman–Crippen MR) is 170 cm³/mol. The maximum Gasteiger partial charge on any atom is 0.337 e. The normalized spacial score (nSPS) is 43.8. The molecule has 0 aromatic carbocycles. The molecule has 1 saturated heterocycles. The summed E-state index contributed by atoms with van der Waals surface area (Å²) in [6, 6.07) is -1.52. The van der Waals surface area contributed by atoms with Crippen LogP contribution in [0, 0.1) is 50.2 Å². The minimum atomic E-state index is -0.924. The molecular weight excluding hydrogens is 570 g/mol. The number of ether oxygens (including phenoxy) is 1. The minimum Gasteiger partial charge on any atom is -0.469 e. The van der Waals surface area contributed by atoms with E-state index in [0.717, 1.165) is 69.9 Å². The van der Waals surface area contributed by atoms with E-state index in [0.29, 0.717) is 11.8 Å². The fourth-order valence-corrected chi connectivity index (χ4v) is 11.7. The van der Waals surface area contributed by atoms with Crippen LogP contribution in [0.3, 0.4) is 0 Å². The van der Waals surface area contributed by atoms with Crippen molar-refractivity contribution in [1.29, 1.82) is 0 Å². The number of imide groups is 1. The molecule has 0 aromatic rings. The van der Waals surface area contributed by atoms with Crippen molar-refractivity contribution in [3.05, 3.63) is 11.6 Å². The van der Waals surface area contributed by atoms with Crippen molar-refractivity contribution in [1.82, 2.24) is 10.6 Å². The first-order valence-electron chi connectivity index (χ1n) is 17.1. The molecule has 0 spiro atoms. The zero-order valence-corrected chi connectivity index (χ0v) is 28.6. The van der Waals surface area contributed by atoms with E-state index >= 15 is 0 Å². The van der Waals surface area contributed by atoms with Gasteiger partial charge in [0.2, 0.25) is 0 Å². The molecule has 5 aliphatic carbocycles. The van der Waals surface area contributed by atoms with Gasteiger partial charge in [-0.05, 0) is 104 Å². The topological polar surface area (TPSA) is 123 Å². The Labute approximate surface area is 268 Å². The summed E-state index contributed by atoms with van der Waals surface area (Å²) in [5.74, 6) is -0.0635. The first-order valence-corrected chi connectivity index (χ1v) is 17.1. The highest BCUT2D eigenvalue weighted by Gasteiger charge is 2.69. The zero-order valence-electron chi connectivity index (χ0n) is 28.6. The molecule has 2 N–H and O–H groups in total. The number of oxime groups is 1. The molecular formula is C36H53N3O6. The zero-order chi connectivity index (χ0) is 32.8. The number of carbonyl (C=O) groups is 4. The Hall–Kier alpha value is -2.71. The summed E-state index contributed by atoms with van der Waals surface area (Å²) in [6.07, 6.45) is 12.2. The van der Waals surface area contributed by atoms with Gasteiger partial charge in [0.1, 0.15) is 6.04 Å². The van der Waals surface area contributed by atoms with E-state index in [1.54, 1.807) is 7.11 Å². The highest BCUT2D eigenvalue weighted by Crippen LogP contribution is 2.75. The molecule has 3 amide bonds. The Bertz CT molecular complexity index is 1380. The van der Waals surface area contributed by atoms with Gasteiger partial charge in [-0.2, -0.15) is 0 Å². The molecule has 9 nitrogen and oxygen atoms in total. The predicted octanol–water partition coefficient (Wildman–Crippen LogP) is 6.46. The molecule has 1 aliphatic heterocycles. The van der Waals surface area contributed by atoms with Crippen LogP contribution in [0.4, 0.5) is 4.79 Å². The second kappa shape index (κ2) is 10.4. The lowest BCUT2D eigenvalue weighted by molar-refractivity contribution is -0.181. The lowest BCUT2D eigenvalue weighted by Gasteiger charge is -2.70. The highest BCUT2D eigenvalue weighted by molar-refractivity contribution is 6.05. The maximum absolute atomic E-state index is 13.5. The van der Waals surface area contributed by atoms with Crippen LogP contribution in [0.1, 0.15) is 119 Å². The van der Waals surface area contributed by atoms with Crippen LogP contribution in [-0.4, -0.2) is 42.7 Å². The first-order chi connectivity index (χ1) is 20.9. The van der Waals surface area contributed by atoms with Crippen molar-refractivity contribution < 1.29 is 28.8 Å². The molecule has 6 aliphatic rings. The van der Waals surface area contributed by atoms with E-state index < -0.39 is 29.4 Å². The number of esters is 1. The summed E-state index contributed by atoms with van der Waals surface area (Å²) < 4.78 is 5.52. The Morgan fingerprint density at radius 1 is 0.956 bits per heavy atom. The summed E-state index contributed by atoms with van der Waals surface area (Å²) in [4.78, 5) is 54.7. The van der Waals surface area contributed by atoms with Crippen molar-refractivity contribution in [3.8, 4) is 0 Å². The van der Waals surface area contributed by atoms with E-state index in [1.165, 1.54) is 5.57 Å². The van der Waals surface area contributed by atoms with Crippen molar-refractivity contribution in [3.63, 3.8) is 0 Å². The van der Waals surface area contributed by atoms with Crippen molar-refractivity contribution >= 4 is 29.6 Å². The number of rotatable bonds is 4. The van der Waals surface area contributed by atoms with Gasteiger partial charge in [-0.1, -0.05) is 65.3 Å². The SMILES string of the molecule is COC(=O)[C@]12CCC(C)(C)C[C@H]1C1=CC[C@H]3[C@@]4(C)CC/C(=N/OC(=O)C[C@@H]5NC(=O)NC5=O)C(C)(C)[C@@H]4CC[C@@]3(C)[C@]1(C)CC2. The molecule has 1 heterocycles. The van der Waals surface area contributed by atoms with Crippen LogP contribution < -0.4 is 10.6 Å². The molecule has 0 unspecified atom stereocenters. The molecule has 45 heavy (non-hydrogen) atoms. The number of methoxy groups -OCH3 is 1. The van der Waals surface area contributed by atoms with Crippen LogP contribution in [0.15, 0.2) is 16.8 Å². The summed E-state index contributed by atoms with van der Waals surface area (Å²) in [6.45, 7) is 16.8. The van der Waals surface area contributed by atoms with E-state index in [9.17, 15) is 19.2 Å². The van der Waals surface area contributed by atoms with Gasteiger partial charge in [-0.3, -0.25) is 14.9 Å². The lowest BCUT2D eigenvalue weighted by atomic mass is 9.33. The summed E-state index contributed by atoms with van der Waals surface area (Å²) in [5, 5.41) is 8.98. The van der Waals surface area contributed by atoms with E-state index in [1.807, 2.05) is 0 Å². The Kier molecular flexibility index (Phi) is 7.45. The number of fused-ring (bicyclic) bond motifs is 7. The molecule has 4 saturated carbocycles. The highest BCUT2D eigenvalue weighted by atomic mass is 16.7. The number of amides is 3. The second-order valence-corrected chi connectivity index (χ2v) is 17.3. The number of allylic oxidation sites excluding steroid dienone is 2. The molecule has 5 fully saturated rings. The van der Waals surface area contributed by atoms with Crippen LogP contribution >= 0.6 is 0 Å². The van der Waals surface area contributed by atoms with Gasteiger partial charge >= 0.3 is 18.0 Å². The summed E-state index contributed by atoms with van der Waals surface area (Å²) in [7, 11) is 1.56. The quantitative estimate of drug-likeness (QED) is 0.122. The van der Waals surface area contributed by atoms with Crippen LogP contribution in [0.2, 0.25) is 0 Å². The van der Waals surface area contributed by atoms with E-state index in [4.69, 9.17) is 9.57 Å². The fraction of sp³-hybridized carbons (Fsp3) is 0.806. The molecule has 6 rings (SSSR count). The van der Waals surface area contributed by atoms with E-state index in [2.05, 4.69) is 70.3 Å². The van der Waals surface area contributed by atoms with Crippen LogP contribution in [0.5, 0.6) is 0 Å². The number of hydrogen-bond donors (Lipinski definition) is 2. The Morgan fingerprint density at radius 3 is 2.33 bits per heavy atom. The summed E-state index contributed by atoms with van der Waals surface area (Å²) >= 11 is 0. The number of carbonyl (C=O) groups excluding carboxylic acids is 4. The molecule has 248 valence electrons. The third kappa shape index (κ3) is 4.63. The lowest BCUT2D eigenvalue weighted by Crippen LogP contribution is -2.64. The first kappa shape index (κ1) is 32.2. The van der Waals surface area contributed by atoms with Gasteiger partial charge < -0.3 is 14.9 Å². The van der Waals surface area contributed by atoms with Gasteiger partial charge in [0.05, 0.1) is 24.7 Å². The van der Waals surface area contributed by atoms with Crippen molar-refractivity contribution in [2.45, 2.75) is 125 Å². The Balaban J connectivity index is 1.26. The smallest absolute Gasteiger partial charge is 0.337 e. The third-order valence-corrected chi connectivity index (χ3v) is 14.5. The molecule has 0 radical (unpaired) electrons. The van der Waals surface area contributed by atoms with Gasteiger partial charge in [0.15, 0.2) is 0 Å².